The Bertz CT molecular complexity index is 955. The van der Waals surface area contributed by atoms with Crippen LogP contribution in [-0.2, 0) is 12.8 Å². The molecule has 4 aromatic carbocycles. The summed E-state index contributed by atoms with van der Waals surface area (Å²) in [4.78, 5) is 0. The third-order valence-electron chi connectivity index (χ3n) is 4.83. The fourth-order valence-electron chi connectivity index (χ4n) is 3.41. The summed E-state index contributed by atoms with van der Waals surface area (Å²) in [6, 6.07) is 38.9. The molecule has 0 aliphatic carbocycles. The zero-order valence-electron chi connectivity index (χ0n) is 14.8. The number of benzene rings is 4. The highest BCUT2D eigenvalue weighted by atomic mass is 14.1. The van der Waals surface area contributed by atoms with E-state index in [1.807, 2.05) is 0 Å². The van der Waals surface area contributed by atoms with Crippen molar-refractivity contribution in [2.24, 2.45) is 0 Å². The molecule has 0 aliphatic heterocycles. The molecule has 0 saturated heterocycles. The summed E-state index contributed by atoms with van der Waals surface area (Å²) in [6.45, 7) is 0. The molecule has 0 aliphatic rings. The van der Waals surface area contributed by atoms with Crippen LogP contribution in [0.2, 0.25) is 0 Å². The van der Waals surface area contributed by atoms with Crippen LogP contribution in [0.3, 0.4) is 0 Å². The number of rotatable bonds is 5. The third-order valence-corrected chi connectivity index (χ3v) is 4.83. The summed E-state index contributed by atoms with van der Waals surface area (Å²) in [5, 5.41) is 0. The van der Waals surface area contributed by atoms with Crippen molar-refractivity contribution in [1.29, 1.82) is 0 Å². The van der Waals surface area contributed by atoms with E-state index < -0.39 is 0 Å². The van der Waals surface area contributed by atoms with Crippen molar-refractivity contribution < 1.29 is 0 Å². The van der Waals surface area contributed by atoms with Crippen LogP contribution in [0.15, 0.2) is 109 Å². The summed E-state index contributed by atoms with van der Waals surface area (Å²) in [5.74, 6) is 0. The average Bonchev–Trinajstić information content (AvgIpc) is 2.74. The summed E-state index contributed by atoms with van der Waals surface area (Å²) in [7, 11) is 0. The Balaban J connectivity index is 1.71. The molecule has 0 heterocycles. The van der Waals surface area contributed by atoms with E-state index in [1.54, 1.807) is 0 Å². The molecule has 0 nitrogen and oxygen atoms in total. The lowest BCUT2D eigenvalue weighted by atomic mass is 9.91. The Labute approximate surface area is 155 Å². The first kappa shape index (κ1) is 16.4. The Hall–Kier alpha value is -3.12. The maximum absolute atomic E-state index is 2.34. The molecule has 4 aromatic rings. The first-order valence-electron chi connectivity index (χ1n) is 9.18. The Morgan fingerprint density at radius 3 is 1.65 bits per heavy atom. The van der Waals surface area contributed by atoms with E-state index in [9.17, 15) is 0 Å². The lowest BCUT2D eigenvalue weighted by molar-refractivity contribution is 0.962. The molecule has 0 N–H and O–H groups in total. The van der Waals surface area contributed by atoms with E-state index in [4.69, 9.17) is 0 Å². The van der Waals surface area contributed by atoms with Gasteiger partial charge in [-0.2, -0.15) is 0 Å². The highest BCUT2D eigenvalue weighted by molar-refractivity contribution is 5.75. The van der Waals surface area contributed by atoms with Gasteiger partial charge in [-0.15, -0.1) is 0 Å². The van der Waals surface area contributed by atoms with E-state index in [0.717, 1.165) is 12.8 Å². The van der Waals surface area contributed by atoms with Gasteiger partial charge in [0.05, 0.1) is 0 Å². The summed E-state index contributed by atoms with van der Waals surface area (Å²) in [5.41, 5.74) is 7.95. The second-order valence-electron chi connectivity index (χ2n) is 6.59. The molecule has 0 amide bonds. The maximum Gasteiger partial charge on any atom is -0.0146 e. The van der Waals surface area contributed by atoms with Gasteiger partial charge in [0.1, 0.15) is 0 Å². The zero-order chi connectivity index (χ0) is 17.6. The largest absolute Gasteiger partial charge is 0.0622 e. The van der Waals surface area contributed by atoms with Gasteiger partial charge in [0.25, 0.3) is 0 Å². The molecule has 0 spiro atoms. The second-order valence-corrected chi connectivity index (χ2v) is 6.59. The van der Waals surface area contributed by atoms with Crippen LogP contribution in [-0.4, -0.2) is 0 Å². The molecule has 0 atom stereocenters. The molecule has 0 bridgehead atoms. The zero-order valence-corrected chi connectivity index (χ0v) is 14.8. The van der Waals surface area contributed by atoms with Gasteiger partial charge >= 0.3 is 0 Å². The van der Waals surface area contributed by atoms with Crippen molar-refractivity contribution in [3.63, 3.8) is 0 Å². The van der Waals surface area contributed by atoms with Crippen molar-refractivity contribution in [3.8, 4) is 22.3 Å². The molecular weight excluding hydrogens is 312 g/mol. The molecule has 0 aromatic heterocycles. The van der Waals surface area contributed by atoms with Gasteiger partial charge < -0.3 is 0 Å². The predicted octanol–water partition coefficient (Wildman–Crippen LogP) is 6.81. The molecule has 126 valence electrons. The van der Waals surface area contributed by atoms with Gasteiger partial charge in [-0.1, -0.05) is 103 Å². The van der Waals surface area contributed by atoms with Crippen molar-refractivity contribution in [2.45, 2.75) is 12.8 Å². The van der Waals surface area contributed by atoms with Crippen LogP contribution < -0.4 is 0 Å². The quantitative estimate of drug-likeness (QED) is 0.376. The highest BCUT2D eigenvalue weighted by Gasteiger charge is 2.08. The fourth-order valence-corrected chi connectivity index (χ4v) is 3.41. The van der Waals surface area contributed by atoms with E-state index in [2.05, 4.69) is 109 Å². The lowest BCUT2D eigenvalue weighted by Gasteiger charge is -2.13. The van der Waals surface area contributed by atoms with Gasteiger partial charge in [-0.3, -0.25) is 0 Å². The van der Waals surface area contributed by atoms with Gasteiger partial charge in [0.15, 0.2) is 0 Å². The first-order chi connectivity index (χ1) is 12.9. The van der Waals surface area contributed by atoms with Gasteiger partial charge in [-0.25, -0.2) is 0 Å². The molecular formula is C26H22. The highest BCUT2D eigenvalue weighted by Crippen LogP contribution is 2.30. The van der Waals surface area contributed by atoms with Crippen LogP contribution in [0.5, 0.6) is 0 Å². The topological polar surface area (TPSA) is 0 Å². The Kier molecular flexibility index (Phi) is 4.93. The monoisotopic (exact) mass is 334 g/mol. The van der Waals surface area contributed by atoms with Crippen molar-refractivity contribution in [3.05, 3.63) is 120 Å². The fraction of sp³-hybridized carbons (Fsp3) is 0.0769. The summed E-state index contributed by atoms with van der Waals surface area (Å²) in [6.07, 6.45) is 2.11. The molecule has 26 heavy (non-hydrogen) atoms. The van der Waals surface area contributed by atoms with Crippen LogP contribution in [0, 0.1) is 0 Å². The van der Waals surface area contributed by atoms with Crippen LogP contribution in [0.4, 0.5) is 0 Å². The van der Waals surface area contributed by atoms with E-state index in [0.29, 0.717) is 0 Å². The molecule has 0 heteroatoms. The van der Waals surface area contributed by atoms with Crippen LogP contribution >= 0.6 is 0 Å². The van der Waals surface area contributed by atoms with Crippen molar-refractivity contribution >= 4 is 0 Å². The predicted molar refractivity (Wildman–Crippen MR) is 111 cm³/mol. The normalized spacial score (nSPS) is 10.6. The van der Waals surface area contributed by atoms with Crippen LogP contribution in [0.1, 0.15) is 11.1 Å². The third kappa shape index (κ3) is 3.75. The van der Waals surface area contributed by atoms with E-state index >= 15 is 0 Å². The Morgan fingerprint density at radius 1 is 0.423 bits per heavy atom. The van der Waals surface area contributed by atoms with Crippen molar-refractivity contribution in [2.75, 3.05) is 0 Å². The molecule has 4 rings (SSSR count). The summed E-state index contributed by atoms with van der Waals surface area (Å²) >= 11 is 0. The number of hydrogen-bond acceptors (Lipinski definition) is 0. The first-order valence-corrected chi connectivity index (χ1v) is 9.18. The molecule has 0 saturated carbocycles. The van der Waals surface area contributed by atoms with Crippen LogP contribution in [0.25, 0.3) is 22.3 Å². The smallest absolute Gasteiger partial charge is 0.0146 e. The second kappa shape index (κ2) is 7.84. The Morgan fingerprint density at radius 2 is 1.00 bits per heavy atom. The van der Waals surface area contributed by atoms with E-state index in [1.165, 1.54) is 33.4 Å². The van der Waals surface area contributed by atoms with Gasteiger partial charge in [0.2, 0.25) is 0 Å². The maximum atomic E-state index is 2.34. The molecule has 0 radical (unpaired) electrons. The lowest BCUT2D eigenvalue weighted by Crippen LogP contribution is -1.95. The van der Waals surface area contributed by atoms with E-state index in [-0.39, 0.29) is 0 Å². The number of hydrogen-bond donors (Lipinski definition) is 0. The van der Waals surface area contributed by atoms with Gasteiger partial charge in [0, 0.05) is 0 Å². The average molecular weight is 334 g/mol. The standard InChI is InChI=1S/C26H22/c1-4-10-21(11-5-1)16-17-24-18-19-25(22-12-6-2-7-13-22)20-26(24)23-14-8-3-9-15-23/h1-15,18-20H,16-17H2. The van der Waals surface area contributed by atoms with Gasteiger partial charge in [-0.05, 0) is 52.3 Å². The van der Waals surface area contributed by atoms with Crippen molar-refractivity contribution in [1.82, 2.24) is 0 Å². The molecule has 0 unspecified atom stereocenters. The minimum atomic E-state index is 1.04. The summed E-state index contributed by atoms with van der Waals surface area (Å²) < 4.78 is 0. The molecule has 0 fully saturated rings. The SMILES string of the molecule is c1ccc(CCc2ccc(-c3ccccc3)cc2-c2ccccc2)cc1. The minimum absolute atomic E-state index is 1.04. The number of aryl methyl sites for hydroxylation is 2. The minimum Gasteiger partial charge on any atom is -0.0622 e.